The van der Waals surface area contributed by atoms with Crippen LogP contribution in [0, 0.1) is 11.3 Å². The molecule has 9 heteroatoms. The van der Waals surface area contributed by atoms with Crippen LogP contribution in [0.1, 0.15) is 91.7 Å². The number of nitriles is 1. The smallest absolute Gasteiger partial charge is 0.346 e. The molecule has 1 N–H and O–H groups in total. The molecule has 0 amide bonds. The minimum atomic E-state index is -1.19. The summed E-state index contributed by atoms with van der Waals surface area (Å²) in [5.41, 5.74) is 7.01. The van der Waals surface area contributed by atoms with Gasteiger partial charge in [0, 0.05) is 55.7 Å². The normalized spacial score (nSPS) is 11.9. The van der Waals surface area contributed by atoms with Crippen molar-refractivity contribution in [2.45, 2.75) is 78.1 Å². The summed E-state index contributed by atoms with van der Waals surface area (Å²) >= 11 is 9.15. The topological polar surface area (TPSA) is 64.3 Å². The third-order valence-electron chi connectivity index (χ3n) is 10.8. The molecule has 0 spiro atoms. The second-order valence-electron chi connectivity index (χ2n) is 15.2. The Hall–Kier alpha value is -5.08. The van der Waals surface area contributed by atoms with Gasteiger partial charge in [-0.25, -0.2) is 4.79 Å². The number of carboxylic acids is 1. The average molecular weight is 893 g/mol. The number of carboxylic acid groups (broad SMARTS) is 1. The number of hydrogen-bond donors (Lipinski definition) is 1. The van der Waals surface area contributed by atoms with E-state index in [9.17, 15) is 15.2 Å². The Morgan fingerprint density at radius 3 is 1.62 bits per heavy atom. The number of para-hydroxylation sites is 2. The van der Waals surface area contributed by atoms with Crippen LogP contribution in [0.5, 0.6) is 0 Å². The van der Waals surface area contributed by atoms with Crippen molar-refractivity contribution in [3.63, 3.8) is 0 Å². The summed E-state index contributed by atoms with van der Waals surface area (Å²) in [5.74, 6) is -1.19. The van der Waals surface area contributed by atoms with E-state index in [0.29, 0.717) is 0 Å². The second-order valence-corrected chi connectivity index (χ2v) is 20.6. The van der Waals surface area contributed by atoms with Gasteiger partial charge in [-0.15, -0.1) is 56.7 Å². The first-order valence-corrected chi connectivity index (χ1v) is 25.3. The zero-order chi connectivity index (χ0) is 42.1. The van der Waals surface area contributed by atoms with E-state index in [0.717, 1.165) is 41.2 Å². The maximum atomic E-state index is 11.7. The average Bonchev–Trinajstić information content (AvgIpc) is 4.11. The highest BCUT2D eigenvalue weighted by Crippen LogP contribution is 2.51. The highest BCUT2D eigenvalue weighted by atomic mass is 32.1. The number of carbonyl (C=O) groups is 1. The van der Waals surface area contributed by atoms with Crippen molar-refractivity contribution in [2.24, 2.45) is 0 Å². The maximum Gasteiger partial charge on any atom is 0.346 e. The molecule has 0 atom stereocenters. The fourth-order valence-corrected chi connectivity index (χ4v) is 14.2. The van der Waals surface area contributed by atoms with Crippen molar-refractivity contribution in [1.29, 1.82) is 5.26 Å². The molecule has 0 aliphatic rings. The predicted molar refractivity (Wildman–Crippen MR) is 269 cm³/mol. The van der Waals surface area contributed by atoms with Gasteiger partial charge >= 0.3 is 5.97 Å². The zero-order valence-corrected chi connectivity index (χ0v) is 38.6. The number of benzene rings is 3. The van der Waals surface area contributed by atoms with E-state index in [-0.39, 0.29) is 5.57 Å². The van der Waals surface area contributed by atoms with Crippen molar-refractivity contribution in [1.82, 2.24) is 0 Å². The summed E-state index contributed by atoms with van der Waals surface area (Å²) in [4.78, 5) is 21.2. The van der Waals surface area contributed by atoms with Crippen LogP contribution in [0.2, 0.25) is 0 Å². The lowest BCUT2D eigenvalue weighted by molar-refractivity contribution is -0.132. The molecule has 0 aliphatic heterocycles. The van der Waals surface area contributed by atoms with Crippen LogP contribution in [0.3, 0.4) is 0 Å². The van der Waals surface area contributed by atoms with Gasteiger partial charge in [-0.3, -0.25) is 0 Å². The Morgan fingerprint density at radius 2 is 1.11 bits per heavy atom. The van der Waals surface area contributed by atoms with E-state index in [4.69, 9.17) is 0 Å². The Kier molecular flexibility index (Phi) is 14.1. The van der Waals surface area contributed by atoms with Gasteiger partial charge in [0.1, 0.15) is 11.6 Å². The molecule has 4 nitrogen and oxygen atoms in total. The molecule has 0 bridgehead atoms. The zero-order valence-electron chi connectivity index (χ0n) is 34.5. The summed E-state index contributed by atoms with van der Waals surface area (Å²) in [7, 11) is 0. The Balaban J connectivity index is 1.08. The molecule has 8 aromatic rings. The molecule has 0 aliphatic carbocycles. The van der Waals surface area contributed by atoms with Crippen LogP contribution in [0.15, 0.2) is 115 Å². The molecule has 0 saturated carbocycles. The number of hydrogen-bond acceptors (Lipinski definition) is 8. The molecular weight excluding hydrogens is 845 g/mol. The largest absolute Gasteiger partial charge is 0.477 e. The summed E-state index contributed by atoms with van der Waals surface area (Å²) < 4.78 is 5.33. The van der Waals surface area contributed by atoms with Gasteiger partial charge in [-0.2, -0.15) is 5.26 Å². The van der Waals surface area contributed by atoms with E-state index < -0.39 is 5.97 Å². The van der Waals surface area contributed by atoms with Gasteiger partial charge in [0.2, 0.25) is 0 Å². The van der Waals surface area contributed by atoms with Crippen molar-refractivity contribution in [3.05, 3.63) is 141 Å². The predicted octanol–water partition coefficient (Wildman–Crippen LogP) is 17.5. The molecule has 0 radical (unpaired) electrons. The molecule has 5 aromatic heterocycles. The SMILES string of the molecule is CCCCCCc1cc(/C=C/c2ccc(N(c3ccccc3)c3ccccc3)cc2)sc1-c1cc2sc3cc(-c4sc(/C=C(\C#N)C(=O)O)cc4CCCCCC)sc3c2s1. The summed E-state index contributed by atoms with van der Waals surface area (Å²) in [5, 5.41) is 19.0. The van der Waals surface area contributed by atoms with E-state index in [2.05, 4.69) is 140 Å². The van der Waals surface area contributed by atoms with Gasteiger partial charge < -0.3 is 10.0 Å². The standard InChI is InChI=1S/C52H48N2O2S5/c1-3-5-7-11-17-36-29-42(28-25-35-23-26-41(27-24-35)54(39-19-13-9-14-20-39)40-21-15-10-16-22-40)57-48(36)44-32-46-50(60-44)51-47(59-46)33-45(61-51)49-37(18-12-8-6-4-2)30-43(58-49)31-38(34-53)52(55)56/h9-10,13-16,19-33H,3-8,11-12,17-18H2,1-2H3,(H,55,56)/b28-25+,38-31+. The first-order chi connectivity index (χ1) is 29.9. The number of rotatable bonds is 19. The quantitative estimate of drug-likeness (QED) is 0.0499. The van der Waals surface area contributed by atoms with Crippen LogP contribution < -0.4 is 4.90 Å². The molecule has 8 rings (SSSR count). The number of aryl methyl sites for hydroxylation is 2. The van der Waals surface area contributed by atoms with Crippen LogP contribution in [0.4, 0.5) is 17.1 Å². The van der Waals surface area contributed by atoms with Crippen molar-refractivity contribution < 1.29 is 9.90 Å². The summed E-state index contributed by atoms with van der Waals surface area (Å²) in [6.45, 7) is 4.49. The third-order valence-corrected chi connectivity index (χ3v) is 17.2. The van der Waals surface area contributed by atoms with E-state index in [1.54, 1.807) is 11.3 Å². The molecular formula is C52H48N2O2S5. The summed E-state index contributed by atoms with van der Waals surface area (Å²) in [6.07, 6.45) is 17.7. The van der Waals surface area contributed by atoms with Crippen LogP contribution in [-0.2, 0) is 17.6 Å². The van der Waals surface area contributed by atoms with Gasteiger partial charge in [-0.05, 0) is 115 Å². The van der Waals surface area contributed by atoms with Crippen LogP contribution >= 0.6 is 56.7 Å². The molecule has 3 aromatic carbocycles. The monoisotopic (exact) mass is 892 g/mol. The number of anilines is 3. The van der Waals surface area contributed by atoms with Crippen molar-refractivity contribution in [2.75, 3.05) is 4.90 Å². The molecule has 0 saturated heterocycles. The summed E-state index contributed by atoms with van der Waals surface area (Å²) in [6, 6.07) is 41.0. The van der Waals surface area contributed by atoms with Gasteiger partial charge in [-0.1, -0.05) is 107 Å². The van der Waals surface area contributed by atoms with E-state index in [1.165, 1.54) is 111 Å². The second kappa shape index (κ2) is 20.2. The minimum absolute atomic E-state index is 0.231. The van der Waals surface area contributed by atoms with E-state index >= 15 is 0 Å². The van der Waals surface area contributed by atoms with Crippen LogP contribution in [0.25, 0.3) is 56.5 Å². The van der Waals surface area contributed by atoms with Gasteiger partial charge in [0.15, 0.2) is 0 Å². The first-order valence-electron chi connectivity index (χ1n) is 21.2. The number of thiophene rings is 5. The first kappa shape index (κ1) is 42.6. The van der Waals surface area contributed by atoms with E-state index in [1.807, 2.05) is 51.4 Å². The maximum absolute atomic E-state index is 11.7. The fourth-order valence-electron chi connectivity index (χ4n) is 7.68. The Labute approximate surface area is 379 Å². The molecule has 308 valence electrons. The van der Waals surface area contributed by atoms with Gasteiger partial charge in [0.25, 0.3) is 0 Å². The lowest BCUT2D eigenvalue weighted by Gasteiger charge is -2.25. The van der Waals surface area contributed by atoms with Gasteiger partial charge in [0.05, 0.1) is 9.40 Å². The number of aliphatic carboxylic acids is 1. The van der Waals surface area contributed by atoms with Crippen LogP contribution in [-0.4, -0.2) is 11.1 Å². The molecule has 5 heterocycles. The lowest BCUT2D eigenvalue weighted by atomic mass is 10.1. The van der Waals surface area contributed by atoms with Crippen molar-refractivity contribution >= 4 is 117 Å². The Morgan fingerprint density at radius 1 is 0.607 bits per heavy atom. The number of fused-ring (bicyclic) bond motifs is 3. The molecule has 61 heavy (non-hydrogen) atoms. The third kappa shape index (κ3) is 10.0. The number of unbranched alkanes of at least 4 members (excludes halogenated alkanes) is 6. The fraction of sp³-hybridized carbons (Fsp3) is 0.231. The van der Waals surface area contributed by atoms with Crippen molar-refractivity contribution in [3.8, 4) is 25.6 Å². The Bertz CT molecular complexity index is 2790. The highest BCUT2D eigenvalue weighted by Gasteiger charge is 2.21. The minimum Gasteiger partial charge on any atom is -0.477 e. The number of nitrogens with zero attached hydrogens (tertiary/aromatic N) is 2. The lowest BCUT2D eigenvalue weighted by Crippen LogP contribution is -2.09. The molecule has 0 unspecified atom stereocenters. The highest BCUT2D eigenvalue weighted by molar-refractivity contribution is 7.41. The molecule has 0 fully saturated rings.